The van der Waals surface area contributed by atoms with E-state index in [-0.39, 0.29) is 11.8 Å². The van der Waals surface area contributed by atoms with Gasteiger partial charge in [-0.2, -0.15) is 0 Å². The molecule has 1 aromatic carbocycles. The molecule has 1 saturated carbocycles. The number of anilines is 1. The lowest BCUT2D eigenvalue weighted by atomic mass is 9.85. The molecule has 3 N–H and O–H groups in total. The van der Waals surface area contributed by atoms with E-state index in [0.717, 1.165) is 12.8 Å². The molecule has 4 heteroatoms. The van der Waals surface area contributed by atoms with Crippen molar-refractivity contribution >= 4 is 11.6 Å². The van der Waals surface area contributed by atoms with Crippen molar-refractivity contribution in [1.29, 1.82) is 0 Å². The minimum Gasteiger partial charge on any atom is -0.490 e. The topological polar surface area (TPSA) is 64.3 Å². The molecule has 1 fully saturated rings. The standard InChI is InChI=1S/C13H18N2O2/c14-11-6-1-2-7-12(11)17-9-8-15-13(16)10-4-3-5-10/h1-2,6-7,10H,3-5,8-9,14H2,(H,15,16). The van der Waals surface area contributed by atoms with Crippen molar-refractivity contribution in [3.05, 3.63) is 24.3 Å². The summed E-state index contributed by atoms with van der Waals surface area (Å²) in [5.41, 5.74) is 6.35. The van der Waals surface area contributed by atoms with Gasteiger partial charge < -0.3 is 15.8 Å². The Labute approximate surface area is 101 Å². The van der Waals surface area contributed by atoms with Crippen molar-refractivity contribution in [1.82, 2.24) is 5.32 Å². The third-order valence-electron chi connectivity index (χ3n) is 3.05. The highest BCUT2D eigenvalue weighted by molar-refractivity contribution is 5.79. The summed E-state index contributed by atoms with van der Waals surface area (Å²) in [5, 5.41) is 2.87. The van der Waals surface area contributed by atoms with Crippen LogP contribution in [0.4, 0.5) is 5.69 Å². The van der Waals surface area contributed by atoms with Crippen LogP contribution in [0, 0.1) is 5.92 Å². The summed E-state index contributed by atoms with van der Waals surface area (Å²) in [6, 6.07) is 7.35. The summed E-state index contributed by atoms with van der Waals surface area (Å²) in [5.74, 6) is 1.06. The number of ether oxygens (including phenoxy) is 1. The van der Waals surface area contributed by atoms with E-state index in [9.17, 15) is 4.79 Å². The molecule has 1 aromatic rings. The molecule has 0 radical (unpaired) electrons. The van der Waals surface area contributed by atoms with E-state index >= 15 is 0 Å². The van der Waals surface area contributed by atoms with Crippen LogP contribution >= 0.6 is 0 Å². The quantitative estimate of drug-likeness (QED) is 0.600. The molecule has 2 rings (SSSR count). The van der Waals surface area contributed by atoms with E-state index in [4.69, 9.17) is 10.5 Å². The molecular formula is C13H18N2O2. The van der Waals surface area contributed by atoms with Crippen molar-refractivity contribution in [2.75, 3.05) is 18.9 Å². The fraction of sp³-hybridized carbons (Fsp3) is 0.462. The lowest BCUT2D eigenvalue weighted by Crippen LogP contribution is -2.36. The van der Waals surface area contributed by atoms with Crippen LogP contribution in [-0.4, -0.2) is 19.1 Å². The second-order valence-electron chi connectivity index (χ2n) is 4.31. The van der Waals surface area contributed by atoms with Crippen molar-refractivity contribution in [3.8, 4) is 5.75 Å². The Balaban J connectivity index is 1.66. The zero-order valence-corrected chi connectivity index (χ0v) is 9.82. The van der Waals surface area contributed by atoms with Gasteiger partial charge in [0.25, 0.3) is 0 Å². The Morgan fingerprint density at radius 2 is 2.18 bits per heavy atom. The number of carbonyl (C=O) groups is 1. The van der Waals surface area contributed by atoms with Crippen LogP contribution in [-0.2, 0) is 4.79 Å². The molecule has 1 aliphatic carbocycles. The number of para-hydroxylation sites is 2. The van der Waals surface area contributed by atoms with Crippen LogP contribution in [0.25, 0.3) is 0 Å². The zero-order chi connectivity index (χ0) is 12.1. The van der Waals surface area contributed by atoms with E-state index in [0.29, 0.717) is 24.6 Å². The maximum Gasteiger partial charge on any atom is 0.223 e. The van der Waals surface area contributed by atoms with Gasteiger partial charge in [0.2, 0.25) is 5.91 Å². The summed E-state index contributed by atoms with van der Waals surface area (Å²) < 4.78 is 5.48. The summed E-state index contributed by atoms with van der Waals surface area (Å²) in [6.07, 6.45) is 3.23. The molecule has 0 unspecified atom stereocenters. The van der Waals surface area contributed by atoms with Gasteiger partial charge in [0.1, 0.15) is 12.4 Å². The molecule has 0 aliphatic heterocycles. The van der Waals surface area contributed by atoms with Crippen molar-refractivity contribution in [2.24, 2.45) is 5.92 Å². The third kappa shape index (κ3) is 3.12. The van der Waals surface area contributed by atoms with Gasteiger partial charge in [-0.05, 0) is 25.0 Å². The van der Waals surface area contributed by atoms with Gasteiger partial charge in [-0.1, -0.05) is 18.6 Å². The lowest BCUT2D eigenvalue weighted by molar-refractivity contribution is -0.127. The number of hydrogen-bond acceptors (Lipinski definition) is 3. The molecular weight excluding hydrogens is 216 g/mol. The van der Waals surface area contributed by atoms with Gasteiger partial charge in [0, 0.05) is 5.92 Å². The Bertz CT molecular complexity index is 389. The van der Waals surface area contributed by atoms with Gasteiger partial charge in [0.05, 0.1) is 12.2 Å². The van der Waals surface area contributed by atoms with Gasteiger partial charge in [-0.3, -0.25) is 4.79 Å². The van der Waals surface area contributed by atoms with Gasteiger partial charge in [0.15, 0.2) is 0 Å². The first-order valence-corrected chi connectivity index (χ1v) is 6.02. The first kappa shape index (κ1) is 11.8. The number of carbonyl (C=O) groups excluding carboxylic acids is 1. The SMILES string of the molecule is Nc1ccccc1OCCNC(=O)C1CCC1. The Hall–Kier alpha value is -1.71. The number of hydrogen-bond donors (Lipinski definition) is 2. The molecule has 4 nitrogen and oxygen atoms in total. The Kier molecular flexibility index (Phi) is 3.85. The van der Waals surface area contributed by atoms with Crippen LogP contribution in [0.2, 0.25) is 0 Å². The van der Waals surface area contributed by atoms with Crippen LogP contribution in [0.3, 0.4) is 0 Å². The summed E-state index contributed by atoms with van der Waals surface area (Å²) in [4.78, 5) is 11.5. The number of nitrogens with two attached hydrogens (primary N) is 1. The number of nitrogens with one attached hydrogen (secondary N) is 1. The number of nitrogen functional groups attached to an aromatic ring is 1. The highest BCUT2D eigenvalue weighted by Crippen LogP contribution is 2.26. The maximum atomic E-state index is 11.5. The van der Waals surface area contributed by atoms with Crippen molar-refractivity contribution < 1.29 is 9.53 Å². The highest BCUT2D eigenvalue weighted by Gasteiger charge is 2.24. The Morgan fingerprint density at radius 3 is 2.82 bits per heavy atom. The lowest BCUT2D eigenvalue weighted by Gasteiger charge is -2.24. The van der Waals surface area contributed by atoms with Crippen molar-refractivity contribution in [2.45, 2.75) is 19.3 Å². The fourth-order valence-corrected chi connectivity index (χ4v) is 1.76. The predicted octanol–water partition coefficient (Wildman–Crippen LogP) is 1.56. The first-order valence-electron chi connectivity index (χ1n) is 6.02. The van der Waals surface area contributed by atoms with Crippen LogP contribution in [0.15, 0.2) is 24.3 Å². The van der Waals surface area contributed by atoms with Crippen LogP contribution in [0.1, 0.15) is 19.3 Å². The molecule has 1 aliphatic rings. The van der Waals surface area contributed by atoms with E-state index < -0.39 is 0 Å². The molecule has 1 amide bonds. The number of amides is 1. The van der Waals surface area contributed by atoms with E-state index in [2.05, 4.69) is 5.32 Å². The molecule has 92 valence electrons. The molecule has 0 bridgehead atoms. The minimum absolute atomic E-state index is 0.154. The molecule has 0 atom stereocenters. The smallest absolute Gasteiger partial charge is 0.223 e. The summed E-state index contributed by atoms with van der Waals surface area (Å²) in [6.45, 7) is 0.982. The number of rotatable bonds is 5. The maximum absolute atomic E-state index is 11.5. The van der Waals surface area contributed by atoms with Gasteiger partial charge in [-0.25, -0.2) is 0 Å². The van der Waals surface area contributed by atoms with Gasteiger partial charge in [-0.15, -0.1) is 0 Å². The number of benzene rings is 1. The second-order valence-corrected chi connectivity index (χ2v) is 4.31. The highest BCUT2D eigenvalue weighted by atomic mass is 16.5. The second kappa shape index (κ2) is 5.57. The van der Waals surface area contributed by atoms with E-state index in [1.54, 1.807) is 6.07 Å². The third-order valence-corrected chi connectivity index (χ3v) is 3.05. The zero-order valence-electron chi connectivity index (χ0n) is 9.82. The normalized spacial score (nSPS) is 15.1. The fourth-order valence-electron chi connectivity index (χ4n) is 1.76. The van der Waals surface area contributed by atoms with E-state index in [1.807, 2.05) is 18.2 Å². The largest absolute Gasteiger partial charge is 0.490 e. The predicted molar refractivity (Wildman–Crippen MR) is 66.7 cm³/mol. The summed E-state index contributed by atoms with van der Waals surface area (Å²) in [7, 11) is 0. The van der Waals surface area contributed by atoms with Crippen LogP contribution in [0.5, 0.6) is 5.75 Å². The average molecular weight is 234 g/mol. The average Bonchev–Trinajstić information content (AvgIpc) is 2.24. The Morgan fingerprint density at radius 1 is 1.41 bits per heavy atom. The molecule has 0 heterocycles. The first-order chi connectivity index (χ1) is 8.27. The minimum atomic E-state index is 0.154. The van der Waals surface area contributed by atoms with Crippen molar-refractivity contribution in [3.63, 3.8) is 0 Å². The molecule has 0 saturated heterocycles. The molecule has 0 aromatic heterocycles. The van der Waals surface area contributed by atoms with E-state index in [1.165, 1.54) is 6.42 Å². The molecule has 17 heavy (non-hydrogen) atoms. The van der Waals surface area contributed by atoms with Crippen LogP contribution < -0.4 is 15.8 Å². The summed E-state index contributed by atoms with van der Waals surface area (Å²) >= 11 is 0. The monoisotopic (exact) mass is 234 g/mol. The van der Waals surface area contributed by atoms with Gasteiger partial charge >= 0.3 is 0 Å². The molecule has 0 spiro atoms.